The van der Waals surface area contributed by atoms with Gasteiger partial charge in [0, 0.05) is 22.6 Å². The van der Waals surface area contributed by atoms with E-state index in [1.165, 1.54) is 23.8 Å². The third-order valence-corrected chi connectivity index (χ3v) is 4.95. The van der Waals surface area contributed by atoms with Crippen molar-refractivity contribution in [2.24, 2.45) is 5.10 Å². The zero-order valence-electron chi connectivity index (χ0n) is 17.5. The average molecular weight is 391 g/mol. The van der Waals surface area contributed by atoms with Crippen molar-refractivity contribution in [2.75, 3.05) is 0 Å². The Morgan fingerprint density at radius 2 is 1.72 bits per heavy atom. The van der Waals surface area contributed by atoms with Crippen molar-refractivity contribution in [3.8, 4) is 5.69 Å². The second-order valence-electron chi connectivity index (χ2n) is 8.14. The number of halogens is 1. The maximum absolute atomic E-state index is 13.7. The maximum atomic E-state index is 13.7. The van der Waals surface area contributed by atoms with E-state index < -0.39 is 11.7 Å². The van der Waals surface area contributed by atoms with E-state index in [2.05, 4.69) is 60.1 Å². The van der Waals surface area contributed by atoms with Crippen LogP contribution in [0.1, 0.15) is 53.6 Å². The van der Waals surface area contributed by atoms with Gasteiger partial charge in [-0.1, -0.05) is 45.0 Å². The van der Waals surface area contributed by atoms with Gasteiger partial charge in [-0.2, -0.15) is 5.10 Å². The van der Waals surface area contributed by atoms with Crippen molar-refractivity contribution in [1.82, 2.24) is 9.99 Å². The second kappa shape index (κ2) is 8.03. The molecule has 1 N–H and O–H groups in total. The normalized spacial score (nSPS) is 11.8. The van der Waals surface area contributed by atoms with Gasteiger partial charge in [-0.25, -0.2) is 9.82 Å². The first-order valence-corrected chi connectivity index (χ1v) is 9.56. The van der Waals surface area contributed by atoms with Gasteiger partial charge in [0.15, 0.2) is 0 Å². The molecule has 0 saturated heterocycles. The Balaban J connectivity index is 1.80. The number of aryl methyl sites for hydroxylation is 1. The molecule has 0 fully saturated rings. The third-order valence-electron chi connectivity index (χ3n) is 4.95. The Morgan fingerprint density at radius 1 is 1.07 bits per heavy atom. The van der Waals surface area contributed by atoms with E-state index in [0.717, 1.165) is 22.6 Å². The van der Waals surface area contributed by atoms with Gasteiger partial charge in [-0.3, -0.25) is 4.79 Å². The zero-order chi connectivity index (χ0) is 21.2. The summed E-state index contributed by atoms with van der Waals surface area (Å²) in [7, 11) is 0. The van der Waals surface area contributed by atoms with Crippen molar-refractivity contribution in [3.05, 3.63) is 88.5 Å². The average Bonchev–Trinajstić information content (AvgIpc) is 2.95. The summed E-state index contributed by atoms with van der Waals surface area (Å²) in [5.41, 5.74) is 7.77. The number of amides is 1. The molecule has 3 aromatic rings. The van der Waals surface area contributed by atoms with Gasteiger partial charge >= 0.3 is 0 Å². The minimum Gasteiger partial charge on any atom is -0.318 e. The lowest BCUT2D eigenvalue weighted by molar-refractivity contribution is 0.0951. The summed E-state index contributed by atoms with van der Waals surface area (Å²) in [5.74, 6) is -1.15. The minimum absolute atomic E-state index is 0.0333. The van der Waals surface area contributed by atoms with Crippen LogP contribution in [0.3, 0.4) is 0 Å². The number of hydrogen-bond acceptors (Lipinski definition) is 2. The molecule has 4 nitrogen and oxygen atoms in total. The highest BCUT2D eigenvalue weighted by atomic mass is 19.1. The topological polar surface area (TPSA) is 46.4 Å². The first kappa shape index (κ1) is 20.5. The second-order valence-corrected chi connectivity index (χ2v) is 8.14. The van der Waals surface area contributed by atoms with Crippen LogP contribution in [0.5, 0.6) is 0 Å². The molecule has 150 valence electrons. The van der Waals surface area contributed by atoms with Crippen LogP contribution in [0.15, 0.2) is 59.7 Å². The molecular formula is C24H26FN3O. The van der Waals surface area contributed by atoms with Crippen molar-refractivity contribution in [1.29, 1.82) is 0 Å². The number of benzene rings is 2. The van der Waals surface area contributed by atoms with Gasteiger partial charge in [0.1, 0.15) is 5.82 Å². The molecule has 29 heavy (non-hydrogen) atoms. The van der Waals surface area contributed by atoms with Gasteiger partial charge in [-0.15, -0.1) is 0 Å². The molecule has 0 aliphatic carbocycles. The zero-order valence-corrected chi connectivity index (χ0v) is 17.5. The molecule has 1 heterocycles. The molecule has 1 amide bonds. The maximum Gasteiger partial charge on any atom is 0.274 e. The first-order valence-electron chi connectivity index (χ1n) is 9.56. The highest BCUT2D eigenvalue weighted by Gasteiger charge is 2.15. The summed E-state index contributed by atoms with van der Waals surface area (Å²) in [6.45, 7) is 10.6. The van der Waals surface area contributed by atoms with Crippen LogP contribution in [0.4, 0.5) is 4.39 Å². The number of rotatable bonds is 4. The summed E-state index contributed by atoms with van der Waals surface area (Å²) in [6.07, 6.45) is 1.58. The van der Waals surface area contributed by atoms with Gasteiger partial charge < -0.3 is 4.57 Å². The third kappa shape index (κ3) is 4.45. The van der Waals surface area contributed by atoms with Crippen LogP contribution in [0.2, 0.25) is 0 Å². The Bertz CT molecular complexity index is 1060. The van der Waals surface area contributed by atoms with Gasteiger partial charge in [0.2, 0.25) is 0 Å². The summed E-state index contributed by atoms with van der Waals surface area (Å²) in [5, 5.41) is 4.01. The van der Waals surface area contributed by atoms with E-state index in [4.69, 9.17) is 0 Å². The Hall–Kier alpha value is -3.21. The van der Waals surface area contributed by atoms with E-state index in [1.807, 2.05) is 19.9 Å². The van der Waals surface area contributed by atoms with E-state index >= 15 is 0 Å². The number of hydrogen-bond donors (Lipinski definition) is 1. The Labute approximate surface area is 171 Å². The smallest absolute Gasteiger partial charge is 0.274 e. The Kier molecular flexibility index (Phi) is 5.69. The molecule has 3 rings (SSSR count). The van der Waals surface area contributed by atoms with Gasteiger partial charge in [-0.05, 0) is 55.2 Å². The molecule has 0 aliphatic heterocycles. The highest BCUT2D eigenvalue weighted by Crippen LogP contribution is 2.25. The van der Waals surface area contributed by atoms with Crippen LogP contribution >= 0.6 is 0 Å². The predicted molar refractivity (Wildman–Crippen MR) is 115 cm³/mol. The summed E-state index contributed by atoms with van der Waals surface area (Å²) < 4.78 is 15.8. The molecule has 1 aromatic heterocycles. The van der Waals surface area contributed by atoms with Crippen LogP contribution < -0.4 is 5.43 Å². The standard InChI is InChI=1S/C24H26FN3O/c1-16-14-18(15-26-27-23(29)21-8-6-7-9-22(21)25)17(2)28(16)20-12-10-19(11-13-20)24(3,4)5/h6-15H,1-5H3,(H,27,29)/b26-15-. The summed E-state index contributed by atoms with van der Waals surface area (Å²) in [6, 6.07) is 16.4. The lowest BCUT2D eigenvalue weighted by Crippen LogP contribution is -2.19. The fraction of sp³-hybridized carbons (Fsp3) is 0.250. The van der Waals surface area contributed by atoms with Crippen molar-refractivity contribution in [2.45, 2.75) is 40.0 Å². The Morgan fingerprint density at radius 3 is 2.34 bits per heavy atom. The number of nitrogens with one attached hydrogen (secondary N) is 1. The molecule has 2 aromatic carbocycles. The molecule has 5 heteroatoms. The van der Waals surface area contributed by atoms with Crippen LogP contribution in [-0.4, -0.2) is 16.7 Å². The van der Waals surface area contributed by atoms with E-state index in [0.29, 0.717) is 0 Å². The molecule has 0 aliphatic rings. The van der Waals surface area contributed by atoms with Crippen LogP contribution in [0, 0.1) is 19.7 Å². The lowest BCUT2D eigenvalue weighted by Gasteiger charge is -2.20. The number of aromatic nitrogens is 1. The van der Waals surface area contributed by atoms with E-state index in [1.54, 1.807) is 12.3 Å². The fourth-order valence-electron chi connectivity index (χ4n) is 3.29. The van der Waals surface area contributed by atoms with Crippen molar-refractivity contribution in [3.63, 3.8) is 0 Å². The molecule has 0 spiro atoms. The summed E-state index contributed by atoms with van der Waals surface area (Å²) in [4.78, 5) is 12.1. The number of nitrogens with zero attached hydrogens (tertiary/aromatic N) is 2. The molecule has 0 unspecified atom stereocenters. The van der Waals surface area contributed by atoms with Crippen LogP contribution in [0.25, 0.3) is 5.69 Å². The number of carbonyl (C=O) groups excluding carboxylic acids is 1. The van der Waals surface area contributed by atoms with E-state index in [-0.39, 0.29) is 11.0 Å². The van der Waals surface area contributed by atoms with E-state index in [9.17, 15) is 9.18 Å². The number of hydrazone groups is 1. The molecule has 0 saturated carbocycles. The van der Waals surface area contributed by atoms with Crippen molar-refractivity contribution < 1.29 is 9.18 Å². The molecule has 0 bridgehead atoms. The highest BCUT2D eigenvalue weighted by molar-refractivity contribution is 5.95. The van der Waals surface area contributed by atoms with Crippen molar-refractivity contribution >= 4 is 12.1 Å². The monoisotopic (exact) mass is 391 g/mol. The van der Waals surface area contributed by atoms with Gasteiger partial charge in [0.25, 0.3) is 5.91 Å². The van der Waals surface area contributed by atoms with Crippen LogP contribution in [-0.2, 0) is 5.41 Å². The molecule has 0 atom stereocenters. The fourth-order valence-corrected chi connectivity index (χ4v) is 3.29. The quantitative estimate of drug-likeness (QED) is 0.476. The largest absolute Gasteiger partial charge is 0.318 e. The minimum atomic E-state index is -0.578. The SMILES string of the molecule is Cc1cc(/C=N\NC(=O)c2ccccc2F)c(C)n1-c1ccc(C(C)(C)C)cc1. The predicted octanol–water partition coefficient (Wildman–Crippen LogP) is 5.29. The lowest BCUT2D eigenvalue weighted by atomic mass is 9.87. The molecule has 0 radical (unpaired) electrons. The number of carbonyl (C=O) groups is 1. The first-order chi connectivity index (χ1) is 13.7. The molecular weight excluding hydrogens is 365 g/mol. The van der Waals surface area contributed by atoms with Gasteiger partial charge in [0.05, 0.1) is 11.8 Å². The summed E-state index contributed by atoms with van der Waals surface area (Å²) >= 11 is 0.